The molecule has 0 aliphatic heterocycles. The van der Waals surface area contributed by atoms with Crippen molar-refractivity contribution in [1.82, 2.24) is 0 Å². The summed E-state index contributed by atoms with van der Waals surface area (Å²) in [4.78, 5) is 13.2. The molecule has 2 nitrogen and oxygen atoms in total. The van der Waals surface area contributed by atoms with Gasteiger partial charge in [-0.3, -0.25) is 4.79 Å². The molecule has 136 valence electrons. The van der Waals surface area contributed by atoms with Gasteiger partial charge in [-0.2, -0.15) is 0 Å². The Hall–Kier alpha value is -1.58. The van der Waals surface area contributed by atoms with Crippen molar-refractivity contribution in [2.45, 2.75) is 18.5 Å². The van der Waals surface area contributed by atoms with Crippen molar-refractivity contribution in [1.29, 1.82) is 0 Å². The zero-order valence-corrected chi connectivity index (χ0v) is 18.3. The number of hydrogen-bond acceptors (Lipinski definition) is 2. The number of hydrogen-bond donors (Lipinski definition) is 0. The first-order chi connectivity index (χ1) is 13.2. The smallest absolute Gasteiger partial charge is 0.200 e. The Morgan fingerprint density at radius 1 is 0.815 bits per heavy atom. The van der Waals surface area contributed by atoms with Crippen LogP contribution < -0.4 is 5.43 Å². The average molecular weight is 410 g/mol. The highest BCUT2D eigenvalue weighted by Crippen LogP contribution is 2.29. The third kappa shape index (κ3) is 3.36. The zero-order valence-electron chi connectivity index (χ0n) is 14.9. The Labute approximate surface area is 165 Å². The van der Waals surface area contributed by atoms with Crippen molar-refractivity contribution in [2.75, 3.05) is 0 Å². The van der Waals surface area contributed by atoms with Crippen LogP contribution in [-0.4, -0.2) is 0 Å². The van der Waals surface area contributed by atoms with Gasteiger partial charge in [0, 0.05) is 5.56 Å². The summed E-state index contributed by atoms with van der Waals surface area (Å²) in [6, 6.07) is 16.5. The second kappa shape index (κ2) is 7.81. The maximum absolute atomic E-state index is 13.2. The van der Waals surface area contributed by atoms with E-state index in [9.17, 15) is 4.79 Å². The van der Waals surface area contributed by atoms with Crippen molar-refractivity contribution in [3.8, 4) is 11.1 Å². The molecule has 0 N–H and O–H groups in total. The molecule has 0 amide bonds. The molecule has 3 aromatic carbocycles. The van der Waals surface area contributed by atoms with Crippen LogP contribution in [0.15, 0.2) is 64.0 Å². The molecule has 27 heavy (non-hydrogen) atoms. The first kappa shape index (κ1) is 18.8. The van der Waals surface area contributed by atoms with Gasteiger partial charge in [0.15, 0.2) is 5.43 Å². The van der Waals surface area contributed by atoms with Gasteiger partial charge >= 0.3 is 0 Å². The van der Waals surface area contributed by atoms with E-state index in [2.05, 4.69) is 58.1 Å². The van der Waals surface area contributed by atoms with E-state index in [1.54, 1.807) is 6.26 Å². The van der Waals surface area contributed by atoms with E-state index in [4.69, 9.17) is 4.42 Å². The van der Waals surface area contributed by atoms with Crippen LogP contribution in [0.5, 0.6) is 0 Å². The topological polar surface area (TPSA) is 30.2 Å². The predicted molar refractivity (Wildman–Crippen MR) is 126 cm³/mol. The second-order valence-corrected chi connectivity index (χ2v) is 7.79. The molecule has 0 bridgehead atoms. The minimum Gasteiger partial charge on any atom is -0.463 e. The molecule has 1 heterocycles. The summed E-state index contributed by atoms with van der Waals surface area (Å²) in [6.45, 7) is 0. The van der Waals surface area contributed by atoms with Gasteiger partial charge in [0.05, 0.1) is 10.9 Å². The van der Waals surface area contributed by atoms with Crippen LogP contribution in [0, 0.1) is 0 Å². The molecule has 4 aromatic rings. The quantitative estimate of drug-likeness (QED) is 0.402. The lowest BCUT2D eigenvalue weighted by Gasteiger charge is -2.10. The van der Waals surface area contributed by atoms with Crippen LogP contribution in [0.3, 0.4) is 0 Å². The summed E-state index contributed by atoms with van der Waals surface area (Å²) < 4.78 is 5.97. The van der Waals surface area contributed by atoms with Gasteiger partial charge in [0.1, 0.15) is 11.8 Å². The minimum absolute atomic E-state index is 0.0205. The first-order valence-corrected chi connectivity index (χ1v) is 11.3. The maximum atomic E-state index is 13.2. The number of benzene rings is 3. The van der Waals surface area contributed by atoms with E-state index in [1.807, 2.05) is 18.2 Å². The van der Waals surface area contributed by atoms with Gasteiger partial charge in [-0.1, -0.05) is 36.4 Å². The van der Waals surface area contributed by atoms with E-state index in [1.165, 1.54) is 16.5 Å². The summed E-state index contributed by atoms with van der Waals surface area (Å²) in [7, 11) is 8.22. The van der Waals surface area contributed by atoms with Gasteiger partial charge in [0.2, 0.25) is 0 Å². The van der Waals surface area contributed by atoms with Crippen LogP contribution in [0.25, 0.3) is 32.9 Å². The molecule has 3 atom stereocenters. The van der Waals surface area contributed by atoms with Gasteiger partial charge in [-0.15, -0.1) is 27.7 Å². The van der Waals surface area contributed by atoms with Gasteiger partial charge in [-0.25, -0.2) is 0 Å². The number of fused-ring (bicyclic) bond motifs is 2. The Balaban J connectivity index is 1.90. The van der Waals surface area contributed by atoms with Crippen molar-refractivity contribution in [3.63, 3.8) is 0 Å². The fourth-order valence-corrected chi connectivity index (χ4v) is 4.59. The van der Waals surface area contributed by atoms with E-state index < -0.39 is 0 Å². The van der Waals surface area contributed by atoms with Gasteiger partial charge in [0.25, 0.3) is 0 Å². The summed E-state index contributed by atoms with van der Waals surface area (Å²) >= 11 is 0. The highest BCUT2D eigenvalue weighted by atomic mass is 31.0. The molecular formula is C22H21O2P3. The Morgan fingerprint density at radius 2 is 1.59 bits per heavy atom. The Bertz CT molecular complexity index is 1210. The highest BCUT2D eigenvalue weighted by Gasteiger charge is 2.14. The largest absolute Gasteiger partial charge is 0.463 e. The lowest BCUT2D eigenvalue weighted by molar-refractivity contribution is 0.601. The van der Waals surface area contributed by atoms with E-state index >= 15 is 0 Å². The van der Waals surface area contributed by atoms with Crippen LogP contribution in [0.4, 0.5) is 0 Å². The Kier molecular flexibility index (Phi) is 5.43. The van der Waals surface area contributed by atoms with E-state index in [0.717, 1.165) is 35.0 Å². The van der Waals surface area contributed by atoms with Crippen LogP contribution in [0.2, 0.25) is 0 Å². The SMILES string of the molecule is O=c1c(-c2ccc3cc(CP)ccc3c2)coc2c(CP)c(CP)ccc12. The van der Waals surface area contributed by atoms with Crippen molar-refractivity contribution in [2.24, 2.45) is 0 Å². The zero-order chi connectivity index (χ0) is 19.0. The summed E-state index contributed by atoms with van der Waals surface area (Å²) in [5.41, 5.74) is 5.76. The molecule has 0 radical (unpaired) electrons. The standard InChI is InChI=1S/C22H21O2P3/c23-21-18-6-5-17(11-26)20(12-27)22(18)24-9-19(21)16-4-3-14-7-13(10-25)1-2-15(14)8-16/h1-9H,10-12,25-27H2. The molecule has 4 rings (SSSR count). The molecule has 5 heteroatoms. The lowest BCUT2D eigenvalue weighted by Crippen LogP contribution is -2.06. The first-order valence-electron chi connectivity index (χ1n) is 8.85. The molecule has 0 aliphatic carbocycles. The monoisotopic (exact) mass is 410 g/mol. The molecule has 0 saturated heterocycles. The second-order valence-electron chi connectivity index (χ2n) is 6.57. The van der Waals surface area contributed by atoms with Crippen molar-refractivity contribution >= 4 is 49.5 Å². The molecule has 0 spiro atoms. The molecule has 0 saturated carbocycles. The van der Waals surface area contributed by atoms with E-state index in [0.29, 0.717) is 16.5 Å². The third-order valence-electron chi connectivity index (χ3n) is 5.02. The van der Waals surface area contributed by atoms with Gasteiger partial charge < -0.3 is 4.42 Å². The fourth-order valence-electron chi connectivity index (χ4n) is 3.50. The lowest BCUT2D eigenvalue weighted by atomic mass is 9.99. The molecular weight excluding hydrogens is 389 g/mol. The van der Waals surface area contributed by atoms with Crippen LogP contribution >= 0.6 is 27.7 Å². The fraction of sp³-hybridized carbons (Fsp3) is 0.136. The molecule has 0 aliphatic rings. The van der Waals surface area contributed by atoms with E-state index in [-0.39, 0.29) is 5.43 Å². The number of rotatable bonds is 4. The third-order valence-corrected chi connectivity index (χ3v) is 6.34. The minimum atomic E-state index is 0.0205. The van der Waals surface area contributed by atoms with Crippen LogP contribution in [-0.2, 0) is 18.5 Å². The predicted octanol–water partition coefficient (Wildman–Crippen LogP) is 5.74. The van der Waals surface area contributed by atoms with Gasteiger partial charge in [-0.05, 0) is 58.1 Å². The summed E-state index contributed by atoms with van der Waals surface area (Å²) in [6.07, 6.45) is 4.15. The maximum Gasteiger partial charge on any atom is 0.200 e. The van der Waals surface area contributed by atoms with Crippen LogP contribution in [0.1, 0.15) is 16.7 Å². The highest BCUT2D eigenvalue weighted by molar-refractivity contribution is 7.16. The average Bonchev–Trinajstić information content (AvgIpc) is 2.72. The summed E-state index contributed by atoms with van der Waals surface area (Å²) in [5.74, 6) is 0. The normalized spacial score (nSPS) is 11.4. The Morgan fingerprint density at radius 3 is 2.33 bits per heavy atom. The molecule has 3 unspecified atom stereocenters. The van der Waals surface area contributed by atoms with Crippen molar-refractivity contribution in [3.05, 3.63) is 81.7 Å². The van der Waals surface area contributed by atoms with Crippen molar-refractivity contribution < 1.29 is 4.42 Å². The molecule has 1 aromatic heterocycles. The molecule has 0 fully saturated rings. The summed E-state index contributed by atoms with van der Waals surface area (Å²) in [5, 5.41) is 2.95.